The lowest BCUT2D eigenvalue weighted by Gasteiger charge is -2.29. The zero-order valence-corrected chi connectivity index (χ0v) is 16.0. The van der Waals surface area contributed by atoms with Crippen LogP contribution in [-0.2, 0) is 26.5 Å². The molecule has 0 bridgehead atoms. The number of rotatable bonds is 5. The van der Waals surface area contributed by atoms with Gasteiger partial charge in [0.15, 0.2) is 0 Å². The summed E-state index contributed by atoms with van der Waals surface area (Å²) >= 11 is 0. The Bertz CT molecular complexity index is 1110. The van der Waals surface area contributed by atoms with Gasteiger partial charge in [0.1, 0.15) is 0 Å². The highest BCUT2D eigenvalue weighted by atomic mass is 32.2. The number of nitrogens with zero attached hydrogens (tertiary/aromatic N) is 2. The average molecular weight is 411 g/mol. The van der Waals surface area contributed by atoms with Crippen LogP contribution in [0.3, 0.4) is 0 Å². The van der Waals surface area contributed by atoms with E-state index in [1.54, 1.807) is 12.1 Å². The molecule has 0 aliphatic carbocycles. The summed E-state index contributed by atoms with van der Waals surface area (Å²) in [6.45, 7) is 0.326. The molecule has 1 aliphatic heterocycles. The van der Waals surface area contributed by atoms with Crippen LogP contribution in [0, 0.1) is 10.1 Å². The third-order valence-corrected chi connectivity index (χ3v) is 6.71. The van der Waals surface area contributed by atoms with E-state index in [1.807, 2.05) is 0 Å². The van der Waals surface area contributed by atoms with Crippen LogP contribution in [0.2, 0.25) is 0 Å². The van der Waals surface area contributed by atoms with Gasteiger partial charge in [-0.15, -0.1) is 0 Å². The molecule has 1 N–H and O–H groups in total. The first kappa shape index (κ1) is 19.1. The highest BCUT2D eigenvalue weighted by Gasteiger charge is 2.25. The summed E-state index contributed by atoms with van der Waals surface area (Å²) in [7, 11) is -7.56. The highest BCUT2D eigenvalue weighted by molar-refractivity contribution is 7.92. The minimum atomic E-state index is -4.07. The lowest BCUT2D eigenvalue weighted by Crippen LogP contribution is -2.34. The van der Waals surface area contributed by atoms with E-state index >= 15 is 0 Å². The second-order valence-corrected chi connectivity index (χ2v) is 9.73. The van der Waals surface area contributed by atoms with Crippen LogP contribution >= 0.6 is 0 Å². The monoisotopic (exact) mass is 411 g/mol. The van der Waals surface area contributed by atoms with Crippen molar-refractivity contribution in [2.75, 3.05) is 21.8 Å². The number of hydrogen-bond acceptors (Lipinski definition) is 6. The van der Waals surface area contributed by atoms with E-state index < -0.39 is 25.0 Å². The number of nitro groups is 1. The number of aryl methyl sites for hydroxylation is 1. The van der Waals surface area contributed by atoms with Crippen LogP contribution in [0.15, 0.2) is 47.4 Å². The second kappa shape index (κ2) is 6.82. The van der Waals surface area contributed by atoms with E-state index in [4.69, 9.17) is 0 Å². The molecule has 0 amide bonds. The van der Waals surface area contributed by atoms with Crippen LogP contribution in [0.1, 0.15) is 12.0 Å². The minimum Gasteiger partial charge on any atom is -0.280 e. The summed E-state index contributed by atoms with van der Waals surface area (Å²) in [5, 5.41) is 10.9. The van der Waals surface area contributed by atoms with Crippen LogP contribution in [0.25, 0.3) is 0 Å². The van der Waals surface area contributed by atoms with E-state index in [1.165, 1.54) is 28.6 Å². The number of anilines is 2. The highest BCUT2D eigenvalue weighted by Crippen LogP contribution is 2.32. The molecule has 0 aromatic heterocycles. The molecule has 2 aromatic rings. The summed E-state index contributed by atoms with van der Waals surface area (Å²) in [5.41, 5.74) is 1.08. The predicted molar refractivity (Wildman–Crippen MR) is 101 cm³/mol. The molecule has 2 aromatic carbocycles. The van der Waals surface area contributed by atoms with Gasteiger partial charge in [0.05, 0.1) is 27.4 Å². The lowest BCUT2D eigenvalue weighted by molar-refractivity contribution is -0.385. The number of hydrogen-bond donors (Lipinski definition) is 1. The standard InChI is InChI=1S/C16H17N3O6S2/c1-26(22,23)18-9-3-4-12-7-8-13(10-16(12)18)17-27(24,25)15-6-2-5-14(11-15)19(20)21/h2,5-8,10-11,17H,3-4,9H2,1H3. The molecule has 11 heteroatoms. The van der Waals surface area contributed by atoms with Crippen LogP contribution in [0.5, 0.6) is 0 Å². The first-order valence-electron chi connectivity index (χ1n) is 7.96. The Labute approximate surface area is 156 Å². The van der Waals surface area contributed by atoms with Crippen LogP contribution in [0.4, 0.5) is 17.1 Å². The molecular formula is C16H17N3O6S2. The molecule has 0 radical (unpaired) electrons. The van der Waals surface area contributed by atoms with Gasteiger partial charge in [-0.2, -0.15) is 0 Å². The smallest absolute Gasteiger partial charge is 0.270 e. The van der Waals surface area contributed by atoms with Gasteiger partial charge in [0, 0.05) is 18.7 Å². The SMILES string of the molecule is CS(=O)(=O)N1CCCc2ccc(NS(=O)(=O)c3cccc([N+](=O)[O-])c3)cc21. The molecular weight excluding hydrogens is 394 g/mol. The maximum atomic E-state index is 12.6. The van der Waals surface area contributed by atoms with Gasteiger partial charge in [-0.05, 0) is 36.6 Å². The molecule has 1 heterocycles. The van der Waals surface area contributed by atoms with Gasteiger partial charge in [0.25, 0.3) is 15.7 Å². The van der Waals surface area contributed by atoms with Gasteiger partial charge in [-0.3, -0.25) is 19.1 Å². The maximum Gasteiger partial charge on any atom is 0.270 e. The van der Waals surface area contributed by atoms with Gasteiger partial charge in [-0.1, -0.05) is 12.1 Å². The Balaban J connectivity index is 1.97. The second-order valence-electron chi connectivity index (χ2n) is 6.14. The van der Waals surface area contributed by atoms with Gasteiger partial charge >= 0.3 is 0 Å². The molecule has 0 spiro atoms. The molecule has 3 rings (SSSR count). The van der Waals surface area contributed by atoms with Crippen molar-refractivity contribution in [1.29, 1.82) is 0 Å². The Hall–Kier alpha value is -2.66. The molecule has 0 fully saturated rings. The Kier molecular flexibility index (Phi) is 4.82. The van der Waals surface area contributed by atoms with E-state index in [0.717, 1.165) is 17.9 Å². The minimum absolute atomic E-state index is 0.177. The topological polar surface area (TPSA) is 127 Å². The van der Waals surface area contributed by atoms with Crippen molar-refractivity contribution in [2.45, 2.75) is 17.7 Å². The summed E-state index contributed by atoms with van der Waals surface area (Å²) < 4.78 is 52.7. The molecule has 0 atom stereocenters. The third-order valence-electron chi connectivity index (χ3n) is 4.15. The average Bonchev–Trinajstić information content (AvgIpc) is 2.60. The fourth-order valence-corrected chi connectivity index (χ4v) is 5.00. The molecule has 0 saturated heterocycles. The van der Waals surface area contributed by atoms with E-state index in [9.17, 15) is 26.9 Å². The molecule has 144 valence electrons. The first-order valence-corrected chi connectivity index (χ1v) is 11.3. The molecule has 1 aliphatic rings. The quantitative estimate of drug-likeness (QED) is 0.593. The van der Waals surface area contributed by atoms with Crippen LogP contribution in [-0.4, -0.2) is 34.6 Å². The van der Waals surface area contributed by atoms with E-state index in [-0.39, 0.29) is 16.3 Å². The van der Waals surface area contributed by atoms with Crippen molar-refractivity contribution >= 4 is 37.1 Å². The third kappa shape index (κ3) is 4.03. The fraction of sp³-hybridized carbons (Fsp3) is 0.250. The number of nitro benzene ring substituents is 1. The number of sulfonamides is 2. The van der Waals surface area contributed by atoms with E-state index in [0.29, 0.717) is 25.1 Å². The van der Waals surface area contributed by atoms with Crippen LogP contribution < -0.4 is 9.03 Å². The molecule has 0 unspecified atom stereocenters. The number of fused-ring (bicyclic) bond motifs is 1. The summed E-state index contributed by atoms with van der Waals surface area (Å²) in [6, 6.07) is 9.37. The summed E-state index contributed by atoms with van der Waals surface area (Å²) in [4.78, 5) is 9.92. The van der Waals surface area contributed by atoms with Crippen molar-refractivity contribution in [3.8, 4) is 0 Å². The molecule has 0 saturated carbocycles. The summed E-state index contributed by atoms with van der Waals surface area (Å²) in [5.74, 6) is 0. The van der Waals surface area contributed by atoms with Gasteiger partial charge in [0.2, 0.25) is 10.0 Å². The van der Waals surface area contributed by atoms with Gasteiger partial charge < -0.3 is 0 Å². The molecule has 9 nitrogen and oxygen atoms in total. The lowest BCUT2D eigenvalue weighted by atomic mass is 10.0. The Morgan fingerprint density at radius 2 is 1.85 bits per heavy atom. The van der Waals surface area contributed by atoms with Gasteiger partial charge in [-0.25, -0.2) is 16.8 Å². The predicted octanol–water partition coefficient (Wildman–Crippen LogP) is 2.11. The molecule has 27 heavy (non-hydrogen) atoms. The zero-order chi connectivity index (χ0) is 19.8. The fourth-order valence-electron chi connectivity index (χ4n) is 2.93. The number of nitrogens with one attached hydrogen (secondary N) is 1. The first-order chi connectivity index (χ1) is 12.6. The Morgan fingerprint density at radius 1 is 1.11 bits per heavy atom. The largest absolute Gasteiger partial charge is 0.280 e. The summed E-state index contributed by atoms with van der Waals surface area (Å²) in [6.07, 6.45) is 2.47. The number of benzene rings is 2. The normalized spacial score (nSPS) is 14.5. The Morgan fingerprint density at radius 3 is 2.52 bits per heavy atom. The van der Waals surface area contributed by atoms with E-state index in [2.05, 4.69) is 4.72 Å². The van der Waals surface area contributed by atoms with Crippen molar-refractivity contribution in [3.05, 3.63) is 58.1 Å². The van der Waals surface area contributed by atoms with Crippen molar-refractivity contribution in [2.24, 2.45) is 0 Å². The maximum absolute atomic E-state index is 12.6. The van der Waals surface area contributed by atoms with Crippen molar-refractivity contribution < 1.29 is 21.8 Å². The van der Waals surface area contributed by atoms with Crippen molar-refractivity contribution in [3.63, 3.8) is 0 Å². The van der Waals surface area contributed by atoms with Crippen molar-refractivity contribution in [1.82, 2.24) is 0 Å². The number of non-ortho nitro benzene ring substituents is 1. The zero-order valence-electron chi connectivity index (χ0n) is 14.3.